The van der Waals surface area contributed by atoms with Gasteiger partial charge in [0.05, 0.1) is 29.6 Å². The largest absolute Gasteiger partial charge is 0.484 e. The summed E-state index contributed by atoms with van der Waals surface area (Å²) in [6.45, 7) is 5.93. The summed E-state index contributed by atoms with van der Waals surface area (Å²) in [5, 5.41) is 35.1. The maximum absolute atomic E-state index is 12.9. The summed E-state index contributed by atoms with van der Waals surface area (Å²) in [5.74, 6) is -0.928. The van der Waals surface area contributed by atoms with E-state index >= 15 is 0 Å². The Bertz CT molecular complexity index is 1370. The highest BCUT2D eigenvalue weighted by molar-refractivity contribution is 5.75. The van der Waals surface area contributed by atoms with Crippen molar-refractivity contribution in [3.05, 3.63) is 47.5 Å². The number of rotatable bonds is 6. The number of hydrogen-bond donors (Lipinski definition) is 3. The van der Waals surface area contributed by atoms with E-state index in [2.05, 4.69) is 11.9 Å². The number of nitrogens with zero attached hydrogens (tertiary/aromatic N) is 1. The maximum atomic E-state index is 12.9. The summed E-state index contributed by atoms with van der Waals surface area (Å²) in [7, 11) is 0. The van der Waals surface area contributed by atoms with Crippen molar-refractivity contribution in [3.8, 4) is 0 Å². The lowest BCUT2D eigenvalue weighted by molar-refractivity contribution is -0.277. The minimum absolute atomic E-state index is 0.0508. The molecule has 43 heavy (non-hydrogen) atoms. The van der Waals surface area contributed by atoms with Crippen molar-refractivity contribution in [1.29, 1.82) is 0 Å². The van der Waals surface area contributed by atoms with E-state index in [-0.39, 0.29) is 47.6 Å². The van der Waals surface area contributed by atoms with Crippen LogP contribution in [0.5, 0.6) is 0 Å². The summed E-state index contributed by atoms with van der Waals surface area (Å²) in [5.41, 5.74) is -1.78. The quantitative estimate of drug-likeness (QED) is 0.419. The SMILES string of the molecule is C[C@]1(COC(=O)C2CC2)[C@@H]2C[C@H](O)[C@@]3(C)OC4=C(C(O)OC(c5cccnc5)=C4)[C@H](O)[C@@H]3[C@@]2(C)CC[C@@H]1OC(=O)C1CC1. The molecule has 2 aliphatic heterocycles. The second-order valence-electron chi connectivity index (χ2n) is 14.2. The molecule has 10 nitrogen and oxygen atoms in total. The molecule has 4 fully saturated rings. The highest BCUT2D eigenvalue weighted by atomic mass is 16.6. The van der Waals surface area contributed by atoms with Gasteiger partial charge in [-0.2, -0.15) is 0 Å². The van der Waals surface area contributed by atoms with Crippen molar-refractivity contribution in [1.82, 2.24) is 4.98 Å². The normalized spacial score (nSPS) is 41.9. The molecule has 3 heterocycles. The van der Waals surface area contributed by atoms with Gasteiger partial charge in [0.25, 0.3) is 0 Å². The molecule has 1 aromatic rings. The summed E-state index contributed by atoms with van der Waals surface area (Å²) in [6.07, 6.45) is 5.38. The van der Waals surface area contributed by atoms with Crippen molar-refractivity contribution in [3.63, 3.8) is 0 Å². The Labute approximate surface area is 251 Å². The van der Waals surface area contributed by atoms with Crippen LogP contribution in [0, 0.1) is 34.5 Å². The van der Waals surface area contributed by atoms with E-state index in [0.717, 1.165) is 25.7 Å². The first-order chi connectivity index (χ1) is 20.5. The summed E-state index contributed by atoms with van der Waals surface area (Å²) in [6, 6.07) is 3.56. The zero-order chi connectivity index (χ0) is 30.3. The van der Waals surface area contributed by atoms with Crippen molar-refractivity contribution in [2.45, 2.75) is 95.9 Å². The Morgan fingerprint density at radius 1 is 1.05 bits per heavy atom. The van der Waals surface area contributed by atoms with Crippen molar-refractivity contribution < 1.29 is 43.9 Å². The van der Waals surface area contributed by atoms with Gasteiger partial charge in [-0.3, -0.25) is 14.6 Å². The highest BCUT2D eigenvalue weighted by Crippen LogP contribution is 2.66. The van der Waals surface area contributed by atoms with Gasteiger partial charge in [-0.05, 0) is 75.3 Å². The Morgan fingerprint density at radius 3 is 2.44 bits per heavy atom. The Morgan fingerprint density at radius 2 is 1.77 bits per heavy atom. The third-order valence-electron chi connectivity index (χ3n) is 11.3. The smallest absolute Gasteiger partial charge is 0.309 e. The second kappa shape index (κ2) is 10.0. The number of carbonyl (C=O) groups excluding carboxylic acids is 2. The molecule has 3 N–H and O–H groups in total. The third kappa shape index (κ3) is 4.59. The first kappa shape index (κ1) is 28.8. The standard InChI is InChI=1S/C33H41NO9/c1-31-11-10-24(42-29(38)18-8-9-18)32(2,16-40-28(37)17-6-7-17)22(31)14-23(35)33(3)27(31)26(36)25-21(43-33)13-20(41-30(25)39)19-5-4-12-34-15-19/h4-5,12-13,15,17-18,22-24,26-27,30,35-36,39H,6-11,14,16H2,1-3H3/t22-,23+,24+,26+,27-,30?,31+,32+,33-/m1/s1. The molecule has 10 heteroatoms. The predicted octanol–water partition coefficient (Wildman–Crippen LogP) is 3.25. The predicted molar refractivity (Wildman–Crippen MR) is 151 cm³/mol. The van der Waals surface area contributed by atoms with E-state index in [1.165, 1.54) is 0 Å². The number of esters is 2. The van der Waals surface area contributed by atoms with Crippen LogP contribution in [-0.2, 0) is 28.5 Å². The number of allylic oxidation sites excluding steroid dienone is 1. The number of aliphatic hydroxyl groups excluding tert-OH is 3. The van der Waals surface area contributed by atoms with E-state index < -0.39 is 47.0 Å². The number of pyridine rings is 1. The summed E-state index contributed by atoms with van der Waals surface area (Å²) in [4.78, 5) is 29.7. The fourth-order valence-electron chi connectivity index (χ4n) is 8.56. The number of ether oxygens (including phenoxy) is 4. The second-order valence-corrected chi connectivity index (χ2v) is 14.2. The molecule has 7 rings (SSSR count). The van der Waals surface area contributed by atoms with Gasteiger partial charge in [0.1, 0.15) is 29.8 Å². The van der Waals surface area contributed by atoms with Crippen LogP contribution in [0.25, 0.3) is 5.76 Å². The van der Waals surface area contributed by atoms with Gasteiger partial charge in [-0.15, -0.1) is 0 Å². The molecule has 0 radical (unpaired) electrons. The van der Waals surface area contributed by atoms with Gasteiger partial charge in [-0.1, -0.05) is 13.8 Å². The van der Waals surface area contributed by atoms with Crippen LogP contribution >= 0.6 is 0 Å². The van der Waals surface area contributed by atoms with Crippen LogP contribution in [0.15, 0.2) is 41.9 Å². The molecular formula is C33H41NO9. The van der Waals surface area contributed by atoms with E-state index in [0.29, 0.717) is 30.6 Å². The number of fused-ring (bicyclic) bond motifs is 3. The average Bonchev–Trinajstić information content (AvgIpc) is 3.88. The molecule has 1 unspecified atom stereocenters. The fourth-order valence-corrected chi connectivity index (χ4v) is 8.56. The molecular weight excluding hydrogens is 554 g/mol. The number of hydrogen-bond acceptors (Lipinski definition) is 10. The lowest BCUT2D eigenvalue weighted by Crippen LogP contribution is -2.71. The third-order valence-corrected chi connectivity index (χ3v) is 11.3. The van der Waals surface area contributed by atoms with Gasteiger partial charge >= 0.3 is 11.9 Å². The van der Waals surface area contributed by atoms with Crippen LogP contribution in [-0.4, -0.2) is 69.1 Å². The van der Waals surface area contributed by atoms with Gasteiger partial charge in [0, 0.05) is 35.4 Å². The molecule has 0 amide bonds. The lowest BCUT2D eigenvalue weighted by atomic mass is 9.42. The molecule has 1 aromatic heterocycles. The lowest BCUT2D eigenvalue weighted by Gasteiger charge is -2.66. The first-order valence-electron chi connectivity index (χ1n) is 15.6. The zero-order valence-corrected chi connectivity index (χ0v) is 24.9. The molecule has 232 valence electrons. The van der Waals surface area contributed by atoms with Gasteiger partial charge < -0.3 is 34.3 Å². The monoisotopic (exact) mass is 595 g/mol. The minimum Gasteiger partial charge on any atom is -0.484 e. The molecule has 0 saturated heterocycles. The fraction of sp³-hybridized carbons (Fsp3) is 0.667. The van der Waals surface area contributed by atoms with Crippen molar-refractivity contribution in [2.75, 3.05) is 6.61 Å². The van der Waals surface area contributed by atoms with E-state index in [4.69, 9.17) is 18.9 Å². The Balaban J connectivity index is 1.25. The highest BCUT2D eigenvalue weighted by Gasteiger charge is 2.70. The van der Waals surface area contributed by atoms with Crippen LogP contribution in [0.2, 0.25) is 0 Å². The van der Waals surface area contributed by atoms with Crippen molar-refractivity contribution >= 4 is 17.7 Å². The maximum Gasteiger partial charge on any atom is 0.309 e. The molecule has 0 aromatic carbocycles. The first-order valence-corrected chi connectivity index (χ1v) is 15.6. The van der Waals surface area contributed by atoms with E-state index in [1.54, 1.807) is 30.6 Å². The molecule has 6 aliphatic rings. The van der Waals surface area contributed by atoms with E-state index in [1.807, 2.05) is 13.8 Å². The summed E-state index contributed by atoms with van der Waals surface area (Å²) >= 11 is 0. The van der Waals surface area contributed by atoms with Crippen molar-refractivity contribution in [2.24, 2.45) is 34.5 Å². The topological polar surface area (TPSA) is 145 Å². The molecule has 4 saturated carbocycles. The van der Waals surface area contributed by atoms with Gasteiger partial charge in [0.15, 0.2) is 0 Å². The number of carbonyl (C=O) groups is 2. The molecule has 0 bridgehead atoms. The van der Waals surface area contributed by atoms with Crippen LogP contribution in [0.3, 0.4) is 0 Å². The molecule has 4 aliphatic carbocycles. The molecule has 0 spiro atoms. The Hall–Kier alpha value is -2.95. The number of aromatic nitrogens is 1. The van der Waals surface area contributed by atoms with Crippen LogP contribution in [0.1, 0.15) is 71.3 Å². The minimum atomic E-state index is -1.46. The zero-order valence-electron chi connectivity index (χ0n) is 24.9. The number of aliphatic hydroxyl groups is 3. The summed E-state index contributed by atoms with van der Waals surface area (Å²) < 4.78 is 24.5. The van der Waals surface area contributed by atoms with E-state index in [9.17, 15) is 24.9 Å². The Kier molecular flexibility index (Phi) is 6.72. The van der Waals surface area contributed by atoms with Crippen LogP contribution in [0.4, 0.5) is 0 Å². The van der Waals surface area contributed by atoms with Gasteiger partial charge in [-0.25, -0.2) is 0 Å². The van der Waals surface area contributed by atoms with Crippen LogP contribution < -0.4 is 0 Å². The molecule has 9 atom stereocenters. The van der Waals surface area contributed by atoms with Gasteiger partial charge in [0.2, 0.25) is 6.29 Å². The average molecular weight is 596 g/mol.